The van der Waals surface area contributed by atoms with Crippen LogP contribution in [0.5, 0.6) is 0 Å². The lowest BCUT2D eigenvalue weighted by molar-refractivity contribution is -0.137. The van der Waals surface area contributed by atoms with E-state index in [1.165, 1.54) is 0 Å². The standard InChI is InChI=1S/C23H27NO3/c25-22(24-15-7-8-18(17-24)13-14-23(26)27)16-21(19-9-3-1-4-10-19)20-11-5-2-6-12-20/h1-6,9-12,18,21H,7-8,13-17H2,(H,26,27). The number of hydrogen-bond acceptors (Lipinski definition) is 2. The van der Waals surface area contributed by atoms with Crippen molar-refractivity contribution in [3.8, 4) is 0 Å². The fourth-order valence-corrected chi connectivity index (χ4v) is 3.96. The molecule has 0 radical (unpaired) electrons. The molecule has 27 heavy (non-hydrogen) atoms. The van der Waals surface area contributed by atoms with Gasteiger partial charge in [-0.15, -0.1) is 0 Å². The van der Waals surface area contributed by atoms with Crippen molar-refractivity contribution in [2.45, 2.75) is 38.0 Å². The zero-order valence-electron chi connectivity index (χ0n) is 15.6. The van der Waals surface area contributed by atoms with Gasteiger partial charge in [-0.25, -0.2) is 0 Å². The maximum absolute atomic E-state index is 13.0. The molecule has 0 aliphatic carbocycles. The van der Waals surface area contributed by atoms with E-state index in [0.717, 1.165) is 30.5 Å². The summed E-state index contributed by atoms with van der Waals surface area (Å²) in [5.74, 6) is -0.260. The van der Waals surface area contributed by atoms with Crippen LogP contribution in [0.2, 0.25) is 0 Å². The number of hydrogen-bond donors (Lipinski definition) is 1. The molecular weight excluding hydrogens is 338 g/mol. The lowest BCUT2D eigenvalue weighted by Crippen LogP contribution is -2.40. The quantitative estimate of drug-likeness (QED) is 0.795. The highest BCUT2D eigenvalue weighted by molar-refractivity contribution is 5.78. The highest BCUT2D eigenvalue weighted by Crippen LogP contribution is 2.30. The summed E-state index contributed by atoms with van der Waals surface area (Å²) < 4.78 is 0. The SMILES string of the molecule is O=C(O)CCC1CCCN(C(=O)CC(c2ccccc2)c2ccccc2)C1. The molecule has 1 amide bonds. The van der Waals surface area contributed by atoms with Gasteiger partial charge in [0.2, 0.25) is 5.91 Å². The first-order chi connectivity index (χ1) is 13.1. The summed E-state index contributed by atoms with van der Waals surface area (Å²) in [7, 11) is 0. The van der Waals surface area contributed by atoms with E-state index in [-0.39, 0.29) is 18.2 Å². The molecule has 3 rings (SSSR count). The molecule has 1 unspecified atom stereocenters. The predicted molar refractivity (Wildman–Crippen MR) is 106 cm³/mol. The third-order valence-electron chi connectivity index (χ3n) is 5.42. The average Bonchev–Trinajstić information content (AvgIpc) is 2.72. The maximum Gasteiger partial charge on any atom is 0.303 e. The van der Waals surface area contributed by atoms with Crippen molar-refractivity contribution >= 4 is 11.9 Å². The number of benzene rings is 2. The van der Waals surface area contributed by atoms with Gasteiger partial charge in [0.25, 0.3) is 0 Å². The number of carbonyl (C=O) groups excluding carboxylic acids is 1. The van der Waals surface area contributed by atoms with Gasteiger partial charge in [-0.1, -0.05) is 60.7 Å². The second kappa shape index (κ2) is 9.36. The number of nitrogens with zero attached hydrogens (tertiary/aromatic N) is 1. The zero-order chi connectivity index (χ0) is 19.1. The van der Waals surface area contributed by atoms with E-state index in [1.807, 2.05) is 41.3 Å². The van der Waals surface area contributed by atoms with Crippen molar-refractivity contribution in [2.24, 2.45) is 5.92 Å². The van der Waals surface area contributed by atoms with Crippen LogP contribution in [0.1, 0.15) is 49.1 Å². The van der Waals surface area contributed by atoms with Crippen LogP contribution in [-0.4, -0.2) is 35.0 Å². The summed E-state index contributed by atoms with van der Waals surface area (Å²) in [5, 5.41) is 8.91. The minimum atomic E-state index is -0.758. The van der Waals surface area contributed by atoms with Gasteiger partial charge in [0, 0.05) is 31.8 Å². The van der Waals surface area contributed by atoms with E-state index in [1.54, 1.807) is 0 Å². The fraction of sp³-hybridized carbons (Fsp3) is 0.391. The molecule has 4 nitrogen and oxygen atoms in total. The molecule has 1 N–H and O–H groups in total. The van der Waals surface area contributed by atoms with Crippen LogP contribution in [0, 0.1) is 5.92 Å². The van der Waals surface area contributed by atoms with Gasteiger partial charge in [0.05, 0.1) is 0 Å². The van der Waals surface area contributed by atoms with Gasteiger partial charge < -0.3 is 10.0 Å². The summed E-state index contributed by atoms with van der Waals surface area (Å²) in [6.45, 7) is 1.46. The number of likely N-dealkylation sites (tertiary alicyclic amines) is 1. The van der Waals surface area contributed by atoms with Crippen LogP contribution in [0.4, 0.5) is 0 Å². The Hall–Kier alpha value is -2.62. The molecule has 1 heterocycles. The van der Waals surface area contributed by atoms with Crippen LogP contribution in [-0.2, 0) is 9.59 Å². The third kappa shape index (κ3) is 5.43. The Morgan fingerprint density at radius 2 is 1.59 bits per heavy atom. The highest BCUT2D eigenvalue weighted by atomic mass is 16.4. The van der Waals surface area contributed by atoms with Crippen molar-refractivity contribution in [2.75, 3.05) is 13.1 Å². The van der Waals surface area contributed by atoms with E-state index in [4.69, 9.17) is 5.11 Å². The Labute approximate surface area is 160 Å². The van der Waals surface area contributed by atoms with Crippen LogP contribution < -0.4 is 0 Å². The van der Waals surface area contributed by atoms with Crippen molar-refractivity contribution in [3.63, 3.8) is 0 Å². The summed E-state index contributed by atoms with van der Waals surface area (Å²) in [6, 6.07) is 20.4. The van der Waals surface area contributed by atoms with Crippen molar-refractivity contribution in [1.29, 1.82) is 0 Å². The molecule has 1 aliphatic rings. The Morgan fingerprint density at radius 3 is 2.15 bits per heavy atom. The number of carboxylic acids is 1. The molecule has 1 atom stereocenters. The predicted octanol–water partition coefficient (Wildman–Crippen LogP) is 4.31. The van der Waals surface area contributed by atoms with Gasteiger partial charge in [0.15, 0.2) is 0 Å². The molecule has 1 aliphatic heterocycles. The molecule has 0 aromatic heterocycles. The van der Waals surface area contributed by atoms with Gasteiger partial charge in [-0.2, -0.15) is 0 Å². The smallest absolute Gasteiger partial charge is 0.303 e. The van der Waals surface area contributed by atoms with Crippen LogP contribution in [0.3, 0.4) is 0 Å². The topological polar surface area (TPSA) is 57.6 Å². The van der Waals surface area contributed by atoms with Crippen molar-refractivity contribution < 1.29 is 14.7 Å². The average molecular weight is 365 g/mol. The van der Waals surface area contributed by atoms with E-state index >= 15 is 0 Å². The molecule has 4 heteroatoms. The molecule has 1 fully saturated rings. The summed E-state index contributed by atoms with van der Waals surface area (Å²) in [6.07, 6.45) is 3.25. The van der Waals surface area contributed by atoms with Gasteiger partial charge in [-0.3, -0.25) is 9.59 Å². The second-order valence-electron chi connectivity index (χ2n) is 7.36. The maximum atomic E-state index is 13.0. The van der Waals surface area contributed by atoms with Crippen LogP contribution in [0.25, 0.3) is 0 Å². The number of amides is 1. The second-order valence-corrected chi connectivity index (χ2v) is 7.36. The minimum Gasteiger partial charge on any atom is -0.481 e. The minimum absolute atomic E-state index is 0.0410. The van der Waals surface area contributed by atoms with Gasteiger partial charge in [-0.05, 0) is 36.3 Å². The summed E-state index contributed by atoms with van der Waals surface area (Å²) in [5.41, 5.74) is 2.30. The lowest BCUT2D eigenvalue weighted by Gasteiger charge is -2.33. The Bertz CT molecular complexity index is 705. The first kappa shape index (κ1) is 19.2. The van der Waals surface area contributed by atoms with Gasteiger partial charge >= 0.3 is 5.97 Å². The normalized spacial score (nSPS) is 17.1. The molecule has 0 bridgehead atoms. The fourth-order valence-electron chi connectivity index (χ4n) is 3.96. The van der Waals surface area contributed by atoms with E-state index in [0.29, 0.717) is 25.3 Å². The number of carboxylic acid groups (broad SMARTS) is 1. The molecular formula is C23H27NO3. The molecule has 142 valence electrons. The lowest BCUT2D eigenvalue weighted by atomic mass is 9.87. The number of carbonyl (C=O) groups is 2. The monoisotopic (exact) mass is 365 g/mol. The number of rotatable bonds is 7. The molecule has 0 saturated carbocycles. The van der Waals surface area contributed by atoms with E-state index < -0.39 is 5.97 Å². The largest absolute Gasteiger partial charge is 0.481 e. The molecule has 1 saturated heterocycles. The Kier molecular flexibility index (Phi) is 6.64. The van der Waals surface area contributed by atoms with Crippen molar-refractivity contribution in [3.05, 3.63) is 71.8 Å². The molecule has 2 aromatic carbocycles. The summed E-state index contributed by atoms with van der Waals surface area (Å²) >= 11 is 0. The summed E-state index contributed by atoms with van der Waals surface area (Å²) in [4.78, 5) is 25.8. The zero-order valence-corrected chi connectivity index (χ0v) is 15.6. The van der Waals surface area contributed by atoms with E-state index in [9.17, 15) is 9.59 Å². The molecule has 0 spiro atoms. The highest BCUT2D eigenvalue weighted by Gasteiger charge is 2.27. The Balaban J connectivity index is 1.70. The van der Waals surface area contributed by atoms with Crippen molar-refractivity contribution in [1.82, 2.24) is 4.90 Å². The van der Waals surface area contributed by atoms with Gasteiger partial charge in [0.1, 0.15) is 0 Å². The van der Waals surface area contributed by atoms with E-state index in [2.05, 4.69) is 24.3 Å². The van der Waals surface area contributed by atoms with Crippen LogP contribution >= 0.6 is 0 Å². The van der Waals surface area contributed by atoms with Crippen LogP contribution in [0.15, 0.2) is 60.7 Å². The Morgan fingerprint density at radius 1 is 1.00 bits per heavy atom. The molecule has 2 aromatic rings. The number of aliphatic carboxylic acids is 1. The number of piperidine rings is 1. The first-order valence-corrected chi connectivity index (χ1v) is 9.73. The first-order valence-electron chi connectivity index (χ1n) is 9.73. The third-order valence-corrected chi connectivity index (χ3v) is 5.42.